The van der Waals surface area contributed by atoms with Gasteiger partial charge < -0.3 is 10.8 Å². The summed E-state index contributed by atoms with van der Waals surface area (Å²) in [6, 6.07) is -1.07. The molecule has 9 heavy (non-hydrogen) atoms. The van der Waals surface area contributed by atoms with Gasteiger partial charge in [0.25, 0.3) is 0 Å². The number of Topliss-reactive ketones (excluding diaryl/α,β-unsaturated/α-hetero) is 1. The van der Waals surface area contributed by atoms with Crippen LogP contribution in [0.15, 0.2) is 0 Å². The van der Waals surface area contributed by atoms with Gasteiger partial charge >= 0.3 is 0 Å². The quantitative estimate of drug-likeness (QED) is 0.359. The molecule has 0 rings (SSSR count). The summed E-state index contributed by atoms with van der Waals surface area (Å²) in [5.74, 6) is -0.773. The summed E-state index contributed by atoms with van der Waals surface area (Å²) in [5.41, 5.74) is 5.04. The molecule has 0 spiro atoms. The van der Waals surface area contributed by atoms with Gasteiger partial charge in [-0.3, -0.25) is 9.59 Å². The summed E-state index contributed by atoms with van der Waals surface area (Å²) >= 11 is 0. The zero-order valence-electron chi connectivity index (χ0n) is 5.07. The number of carbonyl (C=O) groups is 2. The number of ketones is 1. The van der Waals surface area contributed by atoms with Crippen molar-refractivity contribution in [2.75, 3.05) is 0 Å². The van der Waals surface area contributed by atoms with Crippen LogP contribution >= 0.6 is 0 Å². The van der Waals surface area contributed by atoms with E-state index in [1.165, 1.54) is 6.92 Å². The maximum absolute atomic E-state index is 10.3. The van der Waals surface area contributed by atoms with Gasteiger partial charge in [0, 0.05) is 0 Å². The lowest BCUT2D eigenvalue weighted by Crippen LogP contribution is -2.40. The van der Waals surface area contributed by atoms with E-state index in [4.69, 9.17) is 10.8 Å². The summed E-state index contributed by atoms with van der Waals surface area (Å²) in [6.45, 7) is 1.35. The number of rotatable bonds is 3. The molecule has 3 N–H and O–H groups in total. The number of aliphatic hydroxyl groups excluding tert-OH is 1. The molecule has 0 aliphatic heterocycles. The molecule has 4 heteroatoms. The van der Waals surface area contributed by atoms with Gasteiger partial charge in [0.15, 0.2) is 6.29 Å². The van der Waals surface area contributed by atoms with Crippen LogP contribution in [-0.4, -0.2) is 29.3 Å². The molecular formula is C5H9NO3. The van der Waals surface area contributed by atoms with Crippen LogP contribution in [0, 0.1) is 0 Å². The molecule has 0 amide bonds. The fourth-order valence-electron chi connectivity index (χ4n) is 0.316. The van der Waals surface area contributed by atoms with Crippen LogP contribution in [0.4, 0.5) is 0 Å². The van der Waals surface area contributed by atoms with Gasteiger partial charge in [-0.15, -0.1) is 0 Å². The number of nitrogens with two attached hydrogens (primary N) is 1. The highest BCUT2D eigenvalue weighted by Gasteiger charge is 2.16. The molecule has 0 unspecified atom stereocenters. The molecule has 0 bridgehead atoms. The minimum Gasteiger partial charge on any atom is -0.391 e. The van der Waals surface area contributed by atoms with Crippen LogP contribution in [0.25, 0.3) is 0 Å². The second kappa shape index (κ2) is 3.32. The van der Waals surface area contributed by atoms with E-state index in [0.717, 1.165) is 0 Å². The van der Waals surface area contributed by atoms with Crippen molar-refractivity contribution in [3.8, 4) is 0 Å². The summed E-state index contributed by atoms with van der Waals surface area (Å²) in [4.78, 5) is 20.0. The molecule has 4 nitrogen and oxygen atoms in total. The summed E-state index contributed by atoms with van der Waals surface area (Å²) in [6.07, 6.45) is -0.847. The molecule has 0 heterocycles. The molecule has 0 saturated carbocycles. The van der Waals surface area contributed by atoms with E-state index in [0.29, 0.717) is 0 Å². The van der Waals surface area contributed by atoms with Gasteiger partial charge in [0.2, 0.25) is 5.78 Å². The van der Waals surface area contributed by atoms with Gasteiger partial charge in [-0.25, -0.2) is 0 Å². The van der Waals surface area contributed by atoms with Crippen LogP contribution in [-0.2, 0) is 9.59 Å². The largest absolute Gasteiger partial charge is 0.391 e. The van der Waals surface area contributed by atoms with E-state index in [-0.39, 0.29) is 6.29 Å². The monoisotopic (exact) mass is 131 g/mol. The summed E-state index contributed by atoms with van der Waals surface area (Å²) in [7, 11) is 0. The van der Waals surface area contributed by atoms with E-state index in [1.807, 2.05) is 0 Å². The van der Waals surface area contributed by atoms with Crippen molar-refractivity contribution >= 4 is 12.1 Å². The normalized spacial score (nSPS) is 16.3. The fraction of sp³-hybridized carbons (Fsp3) is 0.600. The lowest BCUT2D eigenvalue weighted by molar-refractivity contribution is -0.132. The molecule has 52 valence electrons. The van der Waals surface area contributed by atoms with Crippen LogP contribution in [0.5, 0.6) is 0 Å². The van der Waals surface area contributed by atoms with E-state index in [1.54, 1.807) is 0 Å². The van der Waals surface area contributed by atoms with E-state index in [2.05, 4.69) is 0 Å². The molecule has 0 aliphatic carbocycles. The number of aliphatic hydroxyl groups is 1. The molecule has 0 aliphatic rings. The Hall–Kier alpha value is -0.740. The fourth-order valence-corrected chi connectivity index (χ4v) is 0.316. The average Bonchev–Trinajstić information content (AvgIpc) is 1.84. The van der Waals surface area contributed by atoms with Gasteiger partial charge in [0.1, 0.15) is 0 Å². The third-order valence-electron chi connectivity index (χ3n) is 0.964. The zero-order chi connectivity index (χ0) is 7.44. The maximum Gasteiger partial charge on any atom is 0.214 e. The second-order valence-electron chi connectivity index (χ2n) is 1.79. The van der Waals surface area contributed by atoms with Gasteiger partial charge in [0.05, 0.1) is 12.1 Å². The maximum atomic E-state index is 10.3. The lowest BCUT2D eigenvalue weighted by atomic mass is 10.1. The molecule has 2 atom stereocenters. The first-order valence-corrected chi connectivity index (χ1v) is 2.52. The Labute approximate surface area is 52.7 Å². The number of aldehydes is 1. The first kappa shape index (κ1) is 8.26. The third-order valence-corrected chi connectivity index (χ3v) is 0.964. The zero-order valence-corrected chi connectivity index (χ0v) is 5.07. The van der Waals surface area contributed by atoms with Crippen molar-refractivity contribution in [2.45, 2.75) is 19.1 Å². The van der Waals surface area contributed by atoms with Crippen LogP contribution in [0.3, 0.4) is 0 Å². The van der Waals surface area contributed by atoms with Crippen LogP contribution in [0.2, 0.25) is 0 Å². The van der Waals surface area contributed by atoms with Crippen LogP contribution < -0.4 is 5.73 Å². The number of carbonyl (C=O) groups excluding carboxylic acids is 2. The average molecular weight is 131 g/mol. The van der Waals surface area contributed by atoms with E-state index < -0.39 is 17.9 Å². The second-order valence-corrected chi connectivity index (χ2v) is 1.79. The number of hydrogen-bond acceptors (Lipinski definition) is 4. The van der Waals surface area contributed by atoms with Crippen molar-refractivity contribution in [1.82, 2.24) is 0 Å². The SMILES string of the molecule is C[C@@H](O)[C@H](N)C(=O)C=O. The first-order chi connectivity index (χ1) is 4.09. The predicted octanol–water partition coefficient (Wildman–Crippen LogP) is -1.54. The third kappa shape index (κ3) is 2.34. The standard InChI is InChI=1S/C5H9NO3/c1-3(8)5(6)4(9)2-7/h2-3,5,8H,6H2,1H3/t3-,5+/m1/s1. The molecule has 0 aromatic carbocycles. The Bertz CT molecular complexity index is 121. The molecule has 0 radical (unpaired) electrons. The van der Waals surface area contributed by atoms with Crippen molar-refractivity contribution in [1.29, 1.82) is 0 Å². The molecular weight excluding hydrogens is 122 g/mol. The lowest BCUT2D eigenvalue weighted by Gasteiger charge is -2.07. The van der Waals surface area contributed by atoms with Gasteiger partial charge in [-0.05, 0) is 6.92 Å². The van der Waals surface area contributed by atoms with Crippen molar-refractivity contribution in [2.24, 2.45) is 5.73 Å². The van der Waals surface area contributed by atoms with E-state index in [9.17, 15) is 9.59 Å². The van der Waals surface area contributed by atoms with Crippen molar-refractivity contribution < 1.29 is 14.7 Å². The Morgan fingerprint density at radius 3 is 2.33 bits per heavy atom. The van der Waals surface area contributed by atoms with E-state index >= 15 is 0 Å². The predicted molar refractivity (Wildman–Crippen MR) is 30.7 cm³/mol. The number of hydrogen-bond donors (Lipinski definition) is 2. The Balaban J connectivity index is 3.87. The molecule has 0 fully saturated rings. The highest BCUT2D eigenvalue weighted by atomic mass is 16.3. The summed E-state index contributed by atoms with van der Waals surface area (Å²) < 4.78 is 0. The van der Waals surface area contributed by atoms with Gasteiger partial charge in [-0.1, -0.05) is 0 Å². The highest BCUT2D eigenvalue weighted by molar-refractivity contribution is 6.27. The molecule has 0 saturated heterocycles. The van der Waals surface area contributed by atoms with Crippen LogP contribution in [0.1, 0.15) is 6.92 Å². The van der Waals surface area contributed by atoms with Crippen molar-refractivity contribution in [3.63, 3.8) is 0 Å². The first-order valence-electron chi connectivity index (χ1n) is 2.52. The van der Waals surface area contributed by atoms with Crippen molar-refractivity contribution in [3.05, 3.63) is 0 Å². The Kier molecular flexibility index (Phi) is 3.05. The topological polar surface area (TPSA) is 80.4 Å². The molecule has 0 aromatic rings. The Morgan fingerprint density at radius 1 is 1.78 bits per heavy atom. The Morgan fingerprint density at radius 2 is 2.22 bits per heavy atom. The highest BCUT2D eigenvalue weighted by Crippen LogP contribution is 1.86. The minimum atomic E-state index is -1.07. The smallest absolute Gasteiger partial charge is 0.214 e. The molecule has 0 aromatic heterocycles. The summed E-state index contributed by atoms with van der Waals surface area (Å²) in [5, 5.41) is 8.62. The van der Waals surface area contributed by atoms with Gasteiger partial charge in [-0.2, -0.15) is 0 Å². The minimum absolute atomic E-state index is 0.109.